The third-order valence-electron chi connectivity index (χ3n) is 4.78. The van der Waals surface area contributed by atoms with Crippen molar-refractivity contribution in [1.82, 2.24) is 14.7 Å². The molecular weight excluding hydrogens is 342 g/mol. The molecule has 1 fully saturated rings. The first-order chi connectivity index (χ1) is 12.8. The van der Waals surface area contributed by atoms with Crippen LogP contribution in [0.1, 0.15) is 39.3 Å². The van der Waals surface area contributed by atoms with Crippen LogP contribution in [0.3, 0.4) is 0 Å². The fourth-order valence-corrected chi connectivity index (χ4v) is 3.31. The van der Waals surface area contributed by atoms with Gasteiger partial charge in [0.25, 0.3) is 0 Å². The lowest BCUT2D eigenvalue weighted by Gasteiger charge is -2.21. The number of likely N-dealkylation sites (tertiary alicyclic amines) is 1. The molecule has 1 saturated heterocycles. The monoisotopic (exact) mass is 369 g/mol. The Bertz CT molecular complexity index is 823. The number of carbonyl (C=O) groups excluding carboxylic acids is 2. The molecule has 1 aromatic carbocycles. The van der Waals surface area contributed by atoms with Crippen LogP contribution in [0.15, 0.2) is 36.4 Å². The highest BCUT2D eigenvalue weighted by Gasteiger charge is 2.30. The van der Waals surface area contributed by atoms with E-state index in [-0.39, 0.29) is 29.8 Å². The summed E-state index contributed by atoms with van der Waals surface area (Å²) in [6.07, 6.45) is 1.58. The topological polar surface area (TPSA) is 93.3 Å². The van der Waals surface area contributed by atoms with Gasteiger partial charge in [-0.15, -0.1) is 0 Å². The van der Waals surface area contributed by atoms with Gasteiger partial charge < -0.3 is 11.1 Å². The number of rotatable bonds is 5. The van der Waals surface area contributed by atoms with E-state index >= 15 is 0 Å². The van der Waals surface area contributed by atoms with Crippen LogP contribution in [0.25, 0.3) is 5.69 Å². The molecule has 7 nitrogen and oxygen atoms in total. The van der Waals surface area contributed by atoms with Crippen LogP contribution in [0, 0.1) is 0 Å². The second-order valence-electron chi connectivity index (χ2n) is 7.99. The molecule has 0 spiro atoms. The van der Waals surface area contributed by atoms with Gasteiger partial charge in [-0.25, -0.2) is 4.68 Å². The van der Waals surface area contributed by atoms with Gasteiger partial charge in [-0.2, -0.15) is 5.10 Å². The zero-order valence-corrected chi connectivity index (χ0v) is 16.1. The minimum absolute atomic E-state index is 0.137. The normalized spacial score (nSPS) is 17.8. The van der Waals surface area contributed by atoms with E-state index in [4.69, 9.17) is 10.8 Å². The maximum atomic E-state index is 12.6. The molecule has 2 aromatic rings. The first-order valence-electron chi connectivity index (χ1n) is 9.25. The van der Waals surface area contributed by atoms with E-state index in [1.165, 1.54) is 0 Å². The van der Waals surface area contributed by atoms with E-state index in [2.05, 4.69) is 26.1 Å². The SMILES string of the molecule is CC(C)(C)c1cc(NC(=O)CN2CCCC2C(N)=O)n(-c2ccccc2)n1. The molecular formula is C20H27N5O2. The van der Waals surface area contributed by atoms with Crippen LogP contribution in [-0.2, 0) is 15.0 Å². The van der Waals surface area contributed by atoms with Gasteiger partial charge in [0.15, 0.2) is 0 Å². The second-order valence-corrected chi connectivity index (χ2v) is 7.99. The maximum absolute atomic E-state index is 12.6. The smallest absolute Gasteiger partial charge is 0.239 e. The molecule has 0 saturated carbocycles. The lowest BCUT2D eigenvalue weighted by Crippen LogP contribution is -2.44. The quantitative estimate of drug-likeness (QED) is 0.844. The van der Waals surface area contributed by atoms with Crippen LogP contribution in [0.2, 0.25) is 0 Å². The van der Waals surface area contributed by atoms with Crippen LogP contribution >= 0.6 is 0 Å². The van der Waals surface area contributed by atoms with Gasteiger partial charge in [-0.05, 0) is 31.5 Å². The Morgan fingerprint density at radius 2 is 1.96 bits per heavy atom. The molecule has 1 unspecified atom stereocenters. The Morgan fingerprint density at radius 3 is 2.59 bits per heavy atom. The molecule has 0 bridgehead atoms. The van der Waals surface area contributed by atoms with Crippen LogP contribution in [0.4, 0.5) is 5.82 Å². The number of nitrogens with one attached hydrogen (secondary N) is 1. The number of carbonyl (C=O) groups is 2. The molecule has 3 rings (SSSR count). The molecule has 1 aromatic heterocycles. The number of hydrogen-bond acceptors (Lipinski definition) is 4. The summed E-state index contributed by atoms with van der Waals surface area (Å²) in [6.45, 7) is 7.08. The highest BCUT2D eigenvalue weighted by atomic mass is 16.2. The Morgan fingerprint density at radius 1 is 1.26 bits per heavy atom. The molecule has 2 amide bonds. The number of aromatic nitrogens is 2. The summed E-state index contributed by atoms with van der Waals surface area (Å²) in [4.78, 5) is 26.0. The van der Waals surface area contributed by atoms with Gasteiger partial charge in [-0.1, -0.05) is 39.0 Å². The van der Waals surface area contributed by atoms with E-state index in [9.17, 15) is 9.59 Å². The summed E-state index contributed by atoms with van der Waals surface area (Å²) in [5.74, 6) is 0.0660. The predicted octanol–water partition coefficient (Wildman–Crippen LogP) is 2.06. The number of para-hydroxylation sites is 1. The highest BCUT2D eigenvalue weighted by Crippen LogP contribution is 2.26. The second kappa shape index (κ2) is 7.52. The van der Waals surface area contributed by atoms with E-state index in [0.29, 0.717) is 18.8 Å². The number of amides is 2. The van der Waals surface area contributed by atoms with Gasteiger partial charge in [0.05, 0.1) is 24.0 Å². The number of nitrogens with zero attached hydrogens (tertiary/aromatic N) is 3. The average molecular weight is 369 g/mol. The Kier molecular flexibility index (Phi) is 5.32. The zero-order valence-electron chi connectivity index (χ0n) is 16.1. The molecule has 1 atom stereocenters. The molecule has 144 valence electrons. The van der Waals surface area contributed by atoms with Gasteiger partial charge in [0.2, 0.25) is 11.8 Å². The van der Waals surface area contributed by atoms with Crippen LogP contribution < -0.4 is 11.1 Å². The first-order valence-corrected chi connectivity index (χ1v) is 9.25. The maximum Gasteiger partial charge on any atom is 0.239 e. The average Bonchev–Trinajstić information content (AvgIpc) is 3.22. The van der Waals surface area contributed by atoms with E-state index < -0.39 is 0 Å². The lowest BCUT2D eigenvalue weighted by molar-refractivity contribution is -0.123. The molecule has 1 aliphatic rings. The number of hydrogen-bond donors (Lipinski definition) is 2. The Labute approximate surface area is 159 Å². The predicted molar refractivity (Wildman–Crippen MR) is 105 cm³/mol. The molecule has 2 heterocycles. The zero-order chi connectivity index (χ0) is 19.6. The van der Waals surface area contributed by atoms with Gasteiger partial charge in [0.1, 0.15) is 5.82 Å². The van der Waals surface area contributed by atoms with Gasteiger partial charge >= 0.3 is 0 Å². The fraction of sp³-hybridized carbons (Fsp3) is 0.450. The summed E-state index contributed by atoms with van der Waals surface area (Å²) in [7, 11) is 0. The van der Waals surface area contributed by atoms with Crippen LogP contribution in [-0.4, -0.2) is 45.6 Å². The first kappa shape index (κ1) is 19.1. The standard InChI is InChI=1S/C20H27N5O2/c1-20(2,3)16-12-17(25(23-16)14-8-5-4-6-9-14)22-18(26)13-24-11-7-10-15(24)19(21)27/h4-6,8-9,12,15H,7,10-11,13H2,1-3H3,(H2,21,27)(H,22,26). The van der Waals surface area contributed by atoms with Gasteiger partial charge in [-0.3, -0.25) is 14.5 Å². The van der Waals surface area contributed by atoms with Crippen molar-refractivity contribution >= 4 is 17.6 Å². The number of benzene rings is 1. The van der Waals surface area contributed by atoms with E-state index in [1.54, 1.807) is 4.68 Å². The van der Waals surface area contributed by atoms with Crippen LogP contribution in [0.5, 0.6) is 0 Å². The Balaban J connectivity index is 1.82. The van der Waals surface area contributed by atoms with Crippen molar-refractivity contribution in [3.63, 3.8) is 0 Å². The fourth-order valence-electron chi connectivity index (χ4n) is 3.31. The molecule has 0 radical (unpaired) electrons. The molecule has 1 aliphatic heterocycles. The summed E-state index contributed by atoms with van der Waals surface area (Å²) in [6, 6.07) is 11.2. The van der Waals surface area contributed by atoms with E-state index in [1.807, 2.05) is 41.3 Å². The minimum Gasteiger partial charge on any atom is -0.368 e. The number of anilines is 1. The summed E-state index contributed by atoms with van der Waals surface area (Å²) in [5.41, 5.74) is 7.06. The largest absolute Gasteiger partial charge is 0.368 e. The summed E-state index contributed by atoms with van der Waals surface area (Å²) in [5, 5.41) is 7.65. The third-order valence-corrected chi connectivity index (χ3v) is 4.78. The van der Waals surface area contributed by atoms with E-state index in [0.717, 1.165) is 17.8 Å². The number of nitrogens with two attached hydrogens (primary N) is 1. The van der Waals surface area contributed by atoms with Crippen molar-refractivity contribution in [2.45, 2.75) is 45.1 Å². The van der Waals surface area contributed by atoms with Gasteiger partial charge in [0, 0.05) is 11.5 Å². The summed E-state index contributed by atoms with van der Waals surface area (Å²) >= 11 is 0. The number of primary amides is 1. The van der Waals surface area contributed by atoms with Crippen molar-refractivity contribution in [2.24, 2.45) is 5.73 Å². The minimum atomic E-state index is -0.371. The molecule has 3 N–H and O–H groups in total. The van der Waals surface area contributed by atoms with Crippen molar-refractivity contribution in [1.29, 1.82) is 0 Å². The van der Waals surface area contributed by atoms with Crippen molar-refractivity contribution < 1.29 is 9.59 Å². The summed E-state index contributed by atoms with van der Waals surface area (Å²) < 4.78 is 1.74. The molecule has 27 heavy (non-hydrogen) atoms. The van der Waals surface area contributed by atoms with Crippen molar-refractivity contribution in [2.75, 3.05) is 18.4 Å². The molecule has 7 heteroatoms. The lowest BCUT2D eigenvalue weighted by atomic mass is 9.92. The highest BCUT2D eigenvalue weighted by molar-refractivity contribution is 5.92. The Hall–Kier alpha value is -2.67. The molecule has 0 aliphatic carbocycles. The van der Waals surface area contributed by atoms with Crippen molar-refractivity contribution in [3.8, 4) is 5.69 Å². The van der Waals surface area contributed by atoms with Crippen molar-refractivity contribution in [3.05, 3.63) is 42.1 Å². The third kappa shape index (κ3) is 4.36.